The first-order valence-corrected chi connectivity index (χ1v) is 6.50. The number of anilines is 1. The summed E-state index contributed by atoms with van der Waals surface area (Å²) >= 11 is 1.54. The molecule has 1 aromatic rings. The van der Waals surface area contributed by atoms with Crippen molar-refractivity contribution >= 4 is 16.5 Å². The average molecular weight is 226 g/mol. The molecule has 0 bridgehead atoms. The van der Waals surface area contributed by atoms with Gasteiger partial charge < -0.3 is 10.5 Å². The van der Waals surface area contributed by atoms with Gasteiger partial charge in [-0.05, 0) is 19.3 Å². The van der Waals surface area contributed by atoms with Crippen LogP contribution in [0.5, 0.6) is 0 Å². The molecule has 0 aliphatic carbocycles. The van der Waals surface area contributed by atoms with Gasteiger partial charge in [0, 0.05) is 17.9 Å². The summed E-state index contributed by atoms with van der Waals surface area (Å²) in [6.07, 6.45) is 4.98. The Balaban J connectivity index is 1.98. The third-order valence-electron chi connectivity index (χ3n) is 2.94. The third kappa shape index (κ3) is 2.69. The van der Waals surface area contributed by atoms with Gasteiger partial charge in [-0.1, -0.05) is 13.3 Å². The summed E-state index contributed by atoms with van der Waals surface area (Å²) in [6, 6.07) is 0. The zero-order valence-corrected chi connectivity index (χ0v) is 9.93. The molecule has 0 amide bonds. The van der Waals surface area contributed by atoms with Crippen LogP contribution in [0.1, 0.15) is 44.2 Å². The minimum absolute atomic E-state index is 0.427. The Bertz CT molecular complexity index is 311. The quantitative estimate of drug-likeness (QED) is 0.862. The lowest BCUT2D eigenvalue weighted by atomic mass is 9.91. The number of nitrogens with zero attached hydrogens (tertiary/aromatic N) is 1. The van der Waals surface area contributed by atoms with Crippen molar-refractivity contribution < 1.29 is 4.74 Å². The Hall–Kier alpha value is -0.610. The minimum Gasteiger partial charge on any atom is -0.378 e. The third-order valence-corrected chi connectivity index (χ3v) is 3.63. The summed E-state index contributed by atoms with van der Waals surface area (Å²) < 4.78 is 5.72. The monoisotopic (exact) mass is 226 g/mol. The van der Waals surface area contributed by atoms with Crippen molar-refractivity contribution in [1.82, 2.24) is 4.98 Å². The highest BCUT2D eigenvalue weighted by molar-refractivity contribution is 7.13. The van der Waals surface area contributed by atoms with Crippen molar-refractivity contribution in [2.45, 2.75) is 44.6 Å². The van der Waals surface area contributed by atoms with Crippen molar-refractivity contribution in [3.8, 4) is 0 Å². The van der Waals surface area contributed by atoms with Crippen LogP contribution in [-0.2, 0) is 4.74 Å². The van der Waals surface area contributed by atoms with Gasteiger partial charge in [-0.15, -0.1) is 11.3 Å². The molecule has 1 aromatic heterocycles. The van der Waals surface area contributed by atoms with Gasteiger partial charge in [0.1, 0.15) is 0 Å². The number of aromatic nitrogens is 1. The van der Waals surface area contributed by atoms with Gasteiger partial charge >= 0.3 is 0 Å². The first-order valence-electron chi connectivity index (χ1n) is 5.62. The molecule has 0 spiro atoms. The standard InChI is InChI=1S/C11H18N2OS/c1-2-3-9-6-8(4-5-14-9)10-7-15-11(12)13-10/h7-9H,2-6H2,1H3,(H2,12,13)/t8-,9-/m0/s1. The van der Waals surface area contributed by atoms with Crippen LogP contribution in [0, 0.1) is 0 Å². The van der Waals surface area contributed by atoms with E-state index in [-0.39, 0.29) is 0 Å². The summed E-state index contributed by atoms with van der Waals surface area (Å²) in [5.41, 5.74) is 6.82. The summed E-state index contributed by atoms with van der Waals surface area (Å²) in [5.74, 6) is 0.559. The number of nitrogens with two attached hydrogens (primary N) is 1. The Morgan fingerprint density at radius 3 is 3.20 bits per heavy atom. The summed E-state index contributed by atoms with van der Waals surface area (Å²) in [5, 5.41) is 2.78. The molecule has 1 aliphatic rings. The van der Waals surface area contributed by atoms with E-state index in [2.05, 4.69) is 17.3 Å². The van der Waals surface area contributed by atoms with Gasteiger partial charge in [-0.2, -0.15) is 0 Å². The van der Waals surface area contributed by atoms with Crippen molar-refractivity contribution in [3.05, 3.63) is 11.1 Å². The van der Waals surface area contributed by atoms with E-state index < -0.39 is 0 Å². The molecule has 0 aromatic carbocycles. The van der Waals surface area contributed by atoms with E-state index in [9.17, 15) is 0 Å². The Morgan fingerprint density at radius 2 is 2.53 bits per heavy atom. The molecule has 3 nitrogen and oxygen atoms in total. The zero-order valence-electron chi connectivity index (χ0n) is 9.11. The Kier molecular flexibility index (Phi) is 3.59. The van der Waals surface area contributed by atoms with Crippen LogP contribution in [0.4, 0.5) is 5.13 Å². The molecule has 0 radical (unpaired) electrons. The topological polar surface area (TPSA) is 48.1 Å². The van der Waals surface area contributed by atoms with Crippen LogP contribution >= 0.6 is 11.3 Å². The van der Waals surface area contributed by atoms with Crippen LogP contribution in [0.15, 0.2) is 5.38 Å². The number of hydrogen-bond donors (Lipinski definition) is 1. The first kappa shape index (κ1) is 10.9. The molecule has 84 valence electrons. The summed E-state index contributed by atoms with van der Waals surface area (Å²) in [7, 11) is 0. The second-order valence-electron chi connectivity index (χ2n) is 4.11. The molecule has 15 heavy (non-hydrogen) atoms. The van der Waals surface area contributed by atoms with E-state index in [1.165, 1.54) is 23.5 Å². The maximum Gasteiger partial charge on any atom is 0.180 e. The predicted octanol–water partition coefficient (Wildman–Crippen LogP) is 2.79. The second kappa shape index (κ2) is 4.94. The number of rotatable bonds is 3. The lowest BCUT2D eigenvalue weighted by molar-refractivity contribution is 0.00112. The maximum atomic E-state index is 5.72. The van der Waals surface area contributed by atoms with Crippen LogP contribution < -0.4 is 5.73 Å². The van der Waals surface area contributed by atoms with E-state index in [4.69, 9.17) is 10.5 Å². The normalized spacial score (nSPS) is 26.7. The highest BCUT2D eigenvalue weighted by Gasteiger charge is 2.24. The number of ether oxygens (including phenoxy) is 1. The molecule has 2 heterocycles. The van der Waals surface area contributed by atoms with Gasteiger partial charge in [-0.3, -0.25) is 0 Å². The number of hydrogen-bond acceptors (Lipinski definition) is 4. The molecule has 1 aliphatic heterocycles. The summed E-state index contributed by atoms with van der Waals surface area (Å²) in [6.45, 7) is 3.07. The Morgan fingerprint density at radius 1 is 1.67 bits per heavy atom. The molecule has 2 N–H and O–H groups in total. The number of nitrogen functional groups attached to an aromatic ring is 1. The fourth-order valence-electron chi connectivity index (χ4n) is 2.16. The molecule has 2 atom stereocenters. The van der Waals surface area contributed by atoms with Crippen molar-refractivity contribution in [2.75, 3.05) is 12.3 Å². The van der Waals surface area contributed by atoms with Crippen LogP contribution in [0.25, 0.3) is 0 Å². The lowest BCUT2D eigenvalue weighted by Crippen LogP contribution is -2.24. The molecule has 4 heteroatoms. The van der Waals surface area contributed by atoms with E-state index >= 15 is 0 Å². The average Bonchev–Trinajstić information content (AvgIpc) is 2.66. The molecule has 1 fully saturated rings. The van der Waals surface area contributed by atoms with Crippen molar-refractivity contribution in [1.29, 1.82) is 0 Å². The van der Waals surface area contributed by atoms with E-state index in [0.717, 1.165) is 25.9 Å². The van der Waals surface area contributed by atoms with Gasteiger partial charge in [0.25, 0.3) is 0 Å². The minimum atomic E-state index is 0.427. The highest BCUT2D eigenvalue weighted by atomic mass is 32.1. The second-order valence-corrected chi connectivity index (χ2v) is 5.00. The van der Waals surface area contributed by atoms with Crippen LogP contribution in [0.2, 0.25) is 0 Å². The maximum absolute atomic E-state index is 5.72. The Labute approximate surface area is 94.7 Å². The zero-order chi connectivity index (χ0) is 10.7. The van der Waals surface area contributed by atoms with Crippen LogP contribution in [0.3, 0.4) is 0 Å². The number of thiazole rings is 1. The highest BCUT2D eigenvalue weighted by Crippen LogP contribution is 2.32. The van der Waals surface area contributed by atoms with Gasteiger partial charge in [0.15, 0.2) is 5.13 Å². The van der Waals surface area contributed by atoms with Gasteiger partial charge in [0.05, 0.1) is 11.8 Å². The van der Waals surface area contributed by atoms with E-state index in [1.54, 1.807) is 0 Å². The fraction of sp³-hybridized carbons (Fsp3) is 0.727. The molecular formula is C11H18N2OS. The van der Waals surface area contributed by atoms with E-state index in [1.807, 2.05) is 0 Å². The smallest absolute Gasteiger partial charge is 0.180 e. The summed E-state index contributed by atoms with van der Waals surface area (Å²) in [4.78, 5) is 4.37. The van der Waals surface area contributed by atoms with Crippen molar-refractivity contribution in [2.24, 2.45) is 0 Å². The molecule has 0 saturated carbocycles. The first-order chi connectivity index (χ1) is 7.29. The van der Waals surface area contributed by atoms with Crippen LogP contribution in [-0.4, -0.2) is 17.7 Å². The molecular weight excluding hydrogens is 208 g/mol. The predicted molar refractivity (Wildman–Crippen MR) is 63.1 cm³/mol. The van der Waals surface area contributed by atoms with Gasteiger partial charge in [0.2, 0.25) is 0 Å². The SMILES string of the molecule is CCC[C@H]1C[C@@H](c2csc(N)n2)CCO1. The molecule has 0 unspecified atom stereocenters. The molecule has 2 rings (SSSR count). The van der Waals surface area contributed by atoms with Crippen molar-refractivity contribution in [3.63, 3.8) is 0 Å². The lowest BCUT2D eigenvalue weighted by Gasteiger charge is -2.28. The fourth-order valence-corrected chi connectivity index (χ4v) is 2.80. The van der Waals surface area contributed by atoms with E-state index in [0.29, 0.717) is 17.2 Å². The molecule has 1 saturated heterocycles. The largest absolute Gasteiger partial charge is 0.378 e. The van der Waals surface area contributed by atoms with Gasteiger partial charge in [-0.25, -0.2) is 4.98 Å².